The zero-order chi connectivity index (χ0) is 29.4. The fourth-order valence-electron chi connectivity index (χ4n) is 3.79. The number of nitrogens with one attached hydrogen (secondary N) is 2. The van der Waals surface area contributed by atoms with Crippen molar-refractivity contribution in [3.63, 3.8) is 0 Å². The predicted octanol–water partition coefficient (Wildman–Crippen LogP) is 5.81. The van der Waals surface area contributed by atoms with Gasteiger partial charge in [0.25, 0.3) is 0 Å². The summed E-state index contributed by atoms with van der Waals surface area (Å²) in [6, 6.07) is 12.6. The molecule has 0 unspecified atom stereocenters. The Bertz CT molecular complexity index is 1520. The van der Waals surface area contributed by atoms with Crippen molar-refractivity contribution < 1.29 is 41.7 Å². The van der Waals surface area contributed by atoms with E-state index in [9.17, 15) is 18.0 Å². The van der Waals surface area contributed by atoms with Crippen molar-refractivity contribution in [1.29, 1.82) is 0 Å². The highest BCUT2D eigenvalue weighted by Gasteiger charge is 2.31. The van der Waals surface area contributed by atoms with E-state index in [4.69, 9.17) is 23.7 Å². The molecule has 4 aromatic rings. The molecule has 3 aromatic carbocycles. The van der Waals surface area contributed by atoms with Crippen LogP contribution in [0.25, 0.3) is 10.9 Å². The molecule has 2 N–H and O–H groups in total. The number of urea groups is 1. The molecule has 10 nitrogen and oxygen atoms in total. The summed E-state index contributed by atoms with van der Waals surface area (Å²) in [5, 5.41) is 5.64. The summed E-state index contributed by atoms with van der Waals surface area (Å²) < 4.78 is 66.9. The Morgan fingerprint density at radius 3 is 2.41 bits per heavy atom. The Morgan fingerprint density at radius 1 is 0.902 bits per heavy atom. The maximum Gasteiger partial charge on any atom is 0.416 e. The standard InChI is InChI=1S/C28H27F3N4O6/c1-37-7-8-40-21-11-18(28(29,30)31)10-19(12-21)35-27(36)32-15-17-5-4-6-20(9-17)41-26-22-13-24(38-2)25(39-3)14-23(22)33-16-34-26/h4-6,9-14,16H,7-8,15H2,1-3H3,(H2,32,35,36). The van der Waals surface area contributed by atoms with Crippen LogP contribution in [0.1, 0.15) is 11.1 Å². The number of carbonyl (C=O) groups is 1. The topological polar surface area (TPSA) is 113 Å². The molecule has 0 saturated carbocycles. The van der Waals surface area contributed by atoms with Crippen LogP contribution in [0.3, 0.4) is 0 Å². The van der Waals surface area contributed by atoms with Crippen molar-refractivity contribution in [1.82, 2.24) is 15.3 Å². The highest BCUT2D eigenvalue weighted by molar-refractivity contribution is 5.89. The van der Waals surface area contributed by atoms with E-state index in [-0.39, 0.29) is 37.1 Å². The quantitative estimate of drug-likeness (QED) is 0.217. The second-order valence-corrected chi connectivity index (χ2v) is 8.55. The lowest BCUT2D eigenvalue weighted by molar-refractivity contribution is -0.137. The van der Waals surface area contributed by atoms with Crippen molar-refractivity contribution in [2.24, 2.45) is 0 Å². The van der Waals surface area contributed by atoms with Crippen LogP contribution in [0.15, 0.2) is 60.9 Å². The third kappa shape index (κ3) is 7.66. The van der Waals surface area contributed by atoms with Gasteiger partial charge in [-0.15, -0.1) is 0 Å². The van der Waals surface area contributed by atoms with Crippen molar-refractivity contribution in [3.05, 3.63) is 72.1 Å². The Hall–Kier alpha value is -4.78. The molecule has 1 heterocycles. The van der Waals surface area contributed by atoms with E-state index in [0.29, 0.717) is 33.7 Å². The van der Waals surface area contributed by atoms with E-state index in [1.165, 1.54) is 33.7 Å². The minimum Gasteiger partial charge on any atom is -0.493 e. The maximum atomic E-state index is 13.4. The molecule has 0 radical (unpaired) electrons. The number of aromatic nitrogens is 2. The molecule has 0 saturated heterocycles. The number of rotatable bonds is 11. The zero-order valence-corrected chi connectivity index (χ0v) is 22.4. The van der Waals surface area contributed by atoms with Crippen LogP contribution in [0.2, 0.25) is 0 Å². The SMILES string of the molecule is COCCOc1cc(NC(=O)NCc2cccc(Oc3ncnc4cc(OC)c(OC)cc34)c2)cc(C(F)(F)F)c1. The van der Waals surface area contributed by atoms with E-state index in [1.807, 2.05) is 0 Å². The summed E-state index contributed by atoms with van der Waals surface area (Å²) in [5.41, 5.74) is 0.220. The van der Waals surface area contributed by atoms with E-state index < -0.39 is 17.8 Å². The van der Waals surface area contributed by atoms with Crippen LogP contribution in [0.4, 0.5) is 23.7 Å². The van der Waals surface area contributed by atoms with Gasteiger partial charge in [-0.3, -0.25) is 0 Å². The smallest absolute Gasteiger partial charge is 0.416 e. The molecule has 0 bridgehead atoms. The van der Waals surface area contributed by atoms with E-state index in [0.717, 1.165) is 12.1 Å². The highest BCUT2D eigenvalue weighted by Crippen LogP contribution is 2.36. The number of fused-ring (bicyclic) bond motifs is 1. The number of alkyl halides is 3. The number of hydrogen-bond acceptors (Lipinski definition) is 8. The number of ether oxygens (including phenoxy) is 5. The monoisotopic (exact) mass is 572 g/mol. The molecule has 0 aliphatic rings. The fourth-order valence-corrected chi connectivity index (χ4v) is 3.79. The van der Waals surface area contributed by atoms with E-state index in [2.05, 4.69) is 20.6 Å². The summed E-state index contributed by atoms with van der Waals surface area (Å²) in [6.07, 6.45) is -3.26. The van der Waals surface area contributed by atoms with Gasteiger partial charge in [0, 0.05) is 31.5 Å². The fraction of sp³-hybridized carbons (Fsp3) is 0.250. The molecule has 1 aromatic heterocycles. The third-order valence-electron chi connectivity index (χ3n) is 5.72. The van der Waals surface area contributed by atoms with Crippen molar-refractivity contribution in [2.75, 3.05) is 39.9 Å². The highest BCUT2D eigenvalue weighted by atomic mass is 19.4. The van der Waals surface area contributed by atoms with Gasteiger partial charge in [0.15, 0.2) is 11.5 Å². The third-order valence-corrected chi connectivity index (χ3v) is 5.72. The minimum atomic E-state index is -4.62. The Labute approximate surface area is 233 Å². The number of hydrogen-bond donors (Lipinski definition) is 2. The number of halogens is 3. The average molecular weight is 573 g/mol. The largest absolute Gasteiger partial charge is 0.493 e. The van der Waals surface area contributed by atoms with Gasteiger partial charge in [-0.2, -0.15) is 13.2 Å². The Kier molecular flexibility index (Phi) is 9.30. The van der Waals surface area contributed by atoms with Gasteiger partial charge in [0.1, 0.15) is 24.4 Å². The second-order valence-electron chi connectivity index (χ2n) is 8.55. The molecule has 0 spiro atoms. The van der Waals surface area contributed by atoms with Gasteiger partial charge in [-0.1, -0.05) is 12.1 Å². The summed E-state index contributed by atoms with van der Waals surface area (Å²) in [7, 11) is 4.49. The van der Waals surface area contributed by atoms with Crippen molar-refractivity contribution in [2.45, 2.75) is 12.7 Å². The molecular formula is C28H27F3N4O6. The lowest BCUT2D eigenvalue weighted by Gasteiger charge is -2.14. The molecule has 0 atom stereocenters. The van der Waals surface area contributed by atoms with Gasteiger partial charge in [-0.25, -0.2) is 14.8 Å². The lowest BCUT2D eigenvalue weighted by Crippen LogP contribution is -2.28. The predicted molar refractivity (Wildman–Crippen MR) is 144 cm³/mol. The number of anilines is 1. The minimum absolute atomic E-state index is 0.0500. The van der Waals surface area contributed by atoms with Crippen molar-refractivity contribution >= 4 is 22.6 Å². The lowest BCUT2D eigenvalue weighted by atomic mass is 10.2. The summed E-state index contributed by atoms with van der Waals surface area (Å²) >= 11 is 0. The van der Waals surface area contributed by atoms with Gasteiger partial charge < -0.3 is 34.3 Å². The molecule has 4 rings (SSSR count). The molecule has 0 aliphatic heterocycles. The summed E-state index contributed by atoms with van der Waals surface area (Å²) in [5.74, 6) is 1.67. The van der Waals surface area contributed by atoms with Crippen LogP contribution in [-0.4, -0.2) is 50.5 Å². The molecule has 13 heteroatoms. The number of methoxy groups -OCH3 is 3. The summed E-state index contributed by atoms with van der Waals surface area (Å²) in [6.45, 7) is 0.307. The maximum absolute atomic E-state index is 13.4. The molecule has 41 heavy (non-hydrogen) atoms. The van der Waals surface area contributed by atoms with Crippen LogP contribution >= 0.6 is 0 Å². The zero-order valence-electron chi connectivity index (χ0n) is 22.4. The Morgan fingerprint density at radius 2 is 1.68 bits per heavy atom. The molecule has 216 valence electrons. The van der Waals surface area contributed by atoms with Gasteiger partial charge in [-0.05, 0) is 35.9 Å². The molecule has 0 aliphatic carbocycles. The first kappa shape index (κ1) is 29.2. The molecule has 0 fully saturated rings. The first-order valence-electron chi connectivity index (χ1n) is 12.2. The average Bonchev–Trinajstić information content (AvgIpc) is 2.95. The van der Waals surface area contributed by atoms with Crippen molar-refractivity contribution in [3.8, 4) is 28.9 Å². The second kappa shape index (κ2) is 13.0. The van der Waals surface area contributed by atoms with Gasteiger partial charge >= 0.3 is 12.2 Å². The Balaban J connectivity index is 1.44. The van der Waals surface area contributed by atoms with E-state index >= 15 is 0 Å². The van der Waals surface area contributed by atoms with Crippen LogP contribution in [0.5, 0.6) is 28.9 Å². The normalized spacial score (nSPS) is 11.2. The number of nitrogens with zero attached hydrogens (tertiary/aromatic N) is 2. The molecular weight excluding hydrogens is 545 g/mol. The van der Waals surface area contributed by atoms with Gasteiger partial charge in [0.05, 0.1) is 37.3 Å². The van der Waals surface area contributed by atoms with Crippen LogP contribution < -0.4 is 29.6 Å². The molecule has 2 amide bonds. The first-order valence-corrected chi connectivity index (χ1v) is 12.2. The first-order chi connectivity index (χ1) is 19.7. The van der Waals surface area contributed by atoms with Gasteiger partial charge in [0.2, 0.25) is 5.88 Å². The number of amides is 2. The number of benzene rings is 3. The van der Waals surface area contributed by atoms with Crippen LogP contribution in [0, 0.1) is 0 Å². The summed E-state index contributed by atoms with van der Waals surface area (Å²) in [4.78, 5) is 21.0. The van der Waals surface area contributed by atoms with E-state index in [1.54, 1.807) is 36.4 Å². The van der Waals surface area contributed by atoms with Crippen LogP contribution in [-0.2, 0) is 17.5 Å². The number of carbonyl (C=O) groups excluding carboxylic acids is 1.